The predicted molar refractivity (Wildman–Crippen MR) is 67.4 cm³/mol. The van der Waals surface area contributed by atoms with Crippen LogP contribution in [0.15, 0.2) is 12.1 Å². The number of amides is 1. The van der Waals surface area contributed by atoms with Crippen LogP contribution < -0.4 is 10.6 Å². The maximum atomic E-state index is 13.3. The number of anilines is 1. The molecule has 7 heteroatoms. The standard InChI is InChI=1S/C12H14FN3O3/c1-7-4-10(11(16(18)19)5-9(7)13)14-6-8-2-3-12(17)15-8/h4-5,8,14H,2-3,6H2,1H3,(H,15,17). The lowest BCUT2D eigenvalue weighted by atomic mass is 10.1. The number of rotatable bonds is 4. The van der Waals surface area contributed by atoms with Gasteiger partial charge in [0, 0.05) is 19.0 Å². The molecule has 1 saturated heterocycles. The van der Waals surface area contributed by atoms with E-state index in [4.69, 9.17) is 0 Å². The molecule has 0 aliphatic carbocycles. The Labute approximate surface area is 109 Å². The number of hydrogen-bond donors (Lipinski definition) is 2. The van der Waals surface area contributed by atoms with E-state index in [9.17, 15) is 19.3 Å². The van der Waals surface area contributed by atoms with Gasteiger partial charge < -0.3 is 10.6 Å². The van der Waals surface area contributed by atoms with Gasteiger partial charge in [0.2, 0.25) is 5.91 Å². The molecular weight excluding hydrogens is 253 g/mol. The molecule has 0 aromatic heterocycles. The quantitative estimate of drug-likeness (QED) is 0.642. The monoisotopic (exact) mass is 267 g/mol. The van der Waals surface area contributed by atoms with Gasteiger partial charge >= 0.3 is 0 Å². The number of aryl methyl sites for hydroxylation is 1. The first-order valence-corrected chi connectivity index (χ1v) is 5.95. The predicted octanol–water partition coefficient (Wildman–Crippen LogP) is 1.73. The molecule has 2 N–H and O–H groups in total. The average Bonchev–Trinajstić information content (AvgIpc) is 2.76. The minimum absolute atomic E-state index is 0.0170. The second-order valence-electron chi connectivity index (χ2n) is 4.56. The molecule has 1 aromatic rings. The van der Waals surface area contributed by atoms with E-state index in [2.05, 4.69) is 10.6 Å². The summed E-state index contributed by atoms with van der Waals surface area (Å²) in [5.74, 6) is -0.622. The summed E-state index contributed by atoms with van der Waals surface area (Å²) in [4.78, 5) is 21.3. The number of carbonyl (C=O) groups excluding carboxylic acids is 1. The molecule has 1 fully saturated rings. The molecular formula is C12H14FN3O3. The van der Waals surface area contributed by atoms with Crippen molar-refractivity contribution in [3.63, 3.8) is 0 Å². The van der Waals surface area contributed by atoms with Crippen molar-refractivity contribution in [3.8, 4) is 0 Å². The number of benzene rings is 1. The third-order valence-electron chi connectivity index (χ3n) is 3.10. The maximum Gasteiger partial charge on any atom is 0.295 e. The zero-order valence-corrected chi connectivity index (χ0v) is 10.4. The van der Waals surface area contributed by atoms with Gasteiger partial charge in [-0.05, 0) is 25.0 Å². The lowest BCUT2D eigenvalue weighted by molar-refractivity contribution is -0.384. The molecule has 1 aromatic carbocycles. The highest BCUT2D eigenvalue weighted by Crippen LogP contribution is 2.27. The Hall–Kier alpha value is -2.18. The van der Waals surface area contributed by atoms with Crippen LogP contribution in [-0.2, 0) is 4.79 Å². The molecule has 1 heterocycles. The number of nitro benzene ring substituents is 1. The van der Waals surface area contributed by atoms with Crippen LogP contribution >= 0.6 is 0 Å². The topological polar surface area (TPSA) is 84.3 Å². The fraction of sp³-hybridized carbons (Fsp3) is 0.417. The molecule has 1 aliphatic rings. The van der Waals surface area contributed by atoms with Gasteiger partial charge in [-0.25, -0.2) is 4.39 Å². The van der Waals surface area contributed by atoms with E-state index in [1.807, 2.05) is 0 Å². The Kier molecular flexibility index (Phi) is 3.64. The summed E-state index contributed by atoms with van der Waals surface area (Å²) in [5, 5.41) is 16.5. The van der Waals surface area contributed by atoms with E-state index >= 15 is 0 Å². The van der Waals surface area contributed by atoms with E-state index in [-0.39, 0.29) is 23.3 Å². The summed E-state index contributed by atoms with van der Waals surface area (Å²) in [6.07, 6.45) is 1.16. The first-order valence-electron chi connectivity index (χ1n) is 5.95. The molecule has 1 atom stereocenters. The van der Waals surface area contributed by atoms with Gasteiger partial charge in [-0.1, -0.05) is 0 Å². The highest BCUT2D eigenvalue weighted by molar-refractivity contribution is 5.78. The summed E-state index contributed by atoms with van der Waals surface area (Å²) in [7, 11) is 0. The van der Waals surface area contributed by atoms with Crippen molar-refractivity contribution in [2.75, 3.05) is 11.9 Å². The van der Waals surface area contributed by atoms with Crippen molar-refractivity contribution >= 4 is 17.3 Å². The minimum atomic E-state index is -0.627. The van der Waals surface area contributed by atoms with Crippen molar-refractivity contribution in [1.29, 1.82) is 0 Å². The molecule has 0 bridgehead atoms. The van der Waals surface area contributed by atoms with Crippen molar-refractivity contribution in [3.05, 3.63) is 33.6 Å². The van der Waals surface area contributed by atoms with Crippen LogP contribution in [-0.4, -0.2) is 23.4 Å². The highest BCUT2D eigenvalue weighted by atomic mass is 19.1. The van der Waals surface area contributed by atoms with Crippen LogP contribution in [0.5, 0.6) is 0 Å². The largest absolute Gasteiger partial charge is 0.377 e. The van der Waals surface area contributed by atoms with Crippen LogP contribution in [0.25, 0.3) is 0 Å². The number of hydrogen-bond acceptors (Lipinski definition) is 4. The van der Waals surface area contributed by atoms with Gasteiger partial charge in [-0.15, -0.1) is 0 Å². The lowest BCUT2D eigenvalue weighted by Crippen LogP contribution is -2.31. The Balaban J connectivity index is 2.12. The van der Waals surface area contributed by atoms with Gasteiger partial charge in [0.15, 0.2) is 0 Å². The minimum Gasteiger partial charge on any atom is -0.377 e. The fourth-order valence-corrected chi connectivity index (χ4v) is 2.03. The van der Waals surface area contributed by atoms with Crippen molar-refractivity contribution in [2.24, 2.45) is 0 Å². The Morgan fingerprint density at radius 1 is 1.58 bits per heavy atom. The molecule has 0 spiro atoms. The zero-order valence-electron chi connectivity index (χ0n) is 10.4. The third kappa shape index (κ3) is 2.98. The van der Waals surface area contributed by atoms with E-state index in [1.165, 1.54) is 6.07 Å². The van der Waals surface area contributed by atoms with Crippen LogP contribution in [0.2, 0.25) is 0 Å². The summed E-state index contributed by atoms with van der Waals surface area (Å²) in [6, 6.07) is 2.27. The SMILES string of the molecule is Cc1cc(NCC2CCC(=O)N2)c([N+](=O)[O-])cc1F. The molecule has 19 heavy (non-hydrogen) atoms. The van der Waals surface area contributed by atoms with E-state index in [1.54, 1.807) is 6.92 Å². The van der Waals surface area contributed by atoms with Crippen molar-refractivity contribution < 1.29 is 14.1 Å². The first kappa shape index (κ1) is 13.3. The maximum absolute atomic E-state index is 13.3. The van der Waals surface area contributed by atoms with Crippen LogP contribution in [0.1, 0.15) is 18.4 Å². The highest BCUT2D eigenvalue weighted by Gasteiger charge is 2.22. The van der Waals surface area contributed by atoms with Crippen LogP contribution in [0.4, 0.5) is 15.8 Å². The molecule has 1 unspecified atom stereocenters. The summed E-state index contributed by atoms with van der Waals surface area (Å²) in [6.45, 7) is 1.93. The summed E-state index contributed by atoms with van der Waals surface area (Å²) < 4.78 is 13.3. The summed E-state index contributed by atoms with van der Waals surface area (Å²) in [5.41, 5.74) is 0.307. The van der Waals surface area contributed by atoms with Crippen LogP contribution in [0.3, 0.4) is 0 Å². The van der Waals surface area contributed by atoms with Gasteiger partial charge in [-0.2, -0.15) is 0 Å². The molecule has 0 radical (unpaired) electrons. The lowest BCUT2D eigenvalue weighted by Gasteiger charge is -2.13. The van der Waals surface area contributed by atoms with E-state index in [0.717, 1.165) is 6.07 Å². The molecule has 102 valence electrons. The number of halogens is 1. The second-order valence-corrected chi connectivity index (χ2v) is 4.56. The zero-order chi connectivity index (χ0) is 14.0. The second kappa shape index (κ2) is 5.21. The molecule has 1 amide bonds. The van der Waals surface area contributed by atoms with Gasteiger partial charge in [0.05, 0.1) is 11.0 Å². The Morgan fingerprint density at radius 3 is 2.89 bits per heavy atom. The molecule has 1 aliphatic heterocycles. The van der Waals surface area contributed by atoms with Gasteiger partial charge in [0.1, 0.15) is 11.5 Å². The van der Waals surface area contributed by atoms with Gasteiger partial charge in [-0.3, -0.25) is 14.9 Å². The Morgan fingerprint density at radius 2 is 2.32 bits per heavy atom. The third-order valence-corrected chi connectivity index (χ3v) is 3.10. The van der Waals surface area contributed by atoms with Gasteiger partial charge in [0.25, 0.3) is 5.69 Å². The molecule has 0 saturated carbocycles. The normalized spacial score (nSPS) is 18.2. The number of carbonyl (C=O) groups is 1. The van der Waals surface area contributed by atoms with E-state index in [0.29, 0.717) is 24.9 Å². The van der Waals surface area contributed by atoms with Crippen LogP contribution in [0, 0.1) is 22.9 Å². The van der Waals surface area contributed by atoms with Crippen molar-refractivity contribution in [2.45, 2.75) is 25.8 Å². The molecule has 6 nitrogen and oxygen atoms in total. The van der Waals surface area contributed by atoms with Crippen molar-refractivity contribution in [1.82, 2.24) is 5.32 Å². The first-order chi connectivity index (χ1) is 8.97. The number of nitrogens with one attached hydrogen (secondary N) is 2. The fourth-order valence-electron chi connectivity index (χ4n) is 2.03. The van der Waals surface area contributed by atoms with E-state index < -0.39 is 10.7 Å². The number of nitro groups is 1. The average molecular weight is 267 g/mol. The number of nitrogens with zero attached hydrogens (tertiary/aromatic N) is 1. The summed E-state index contributed by atoms with van der Waals surface area (Å²) >= 11 is 0. The molecule has 2 rings (SSSR count). The Bertz CT molecular complexity index is 533. The smallest absolute Gasteiger partial charge is 0.295 e.